The van der Waals surface area contributed by atoms with Crippen LogP contribution in [0.4, 0.5) is 4.79 Å². The van der Waals surface area contributed by atoms with Crippen LogP contribution >= 0.6 is 0 Å². The summed E-state index contributed by atoms with van der Waals surface area (Å²) in [7, 11) is 0. The number of hydrogen-bond acceptors (Lipinski definition) is 3. The van der Waals surface area contributed by atoms with Gasteiger partial charge in [0.05, 0.1) is 6.21 Å². The highest BCUT2D eigenvalue weighted by Crippen LogP contribution is 2.21. The number of hydrogen-bond donors (Lipinski definition) is 1. The molecule has 106 valence electrons. The molecule has 1 fully saturated rings. The Kier molecular flexibility index (Phi) is 3.61. The molecular weight excluding hydrogens is 254 g/mol. The highest BCUT2D eigenvalue weighted by Gasteiger charge is 2.46. The molecule has 1 N–H and O–H groups in total. The first kappa shape index (κ1) is 14.2. The van der Waals surface area contributed by atoms with E-state index in [0.717, 1.165) is 21.7 Å². The summed E-state index contributed by atoms with van der Waals surface area (Å²) >= 11 is 0. The van der Waals surface area contributed by atoms with E-state index in [4.69, 9.17) is 0 Å². The lowest BCUT2D eigenvalue weighted by Gasteiger charge is -2.17. The highest BCUT2D eigenvalue weighted by atomic mass is 16.2. The second-order valence-electron chi connectivity index (χ2n) is 5.34. The average molecular weight is 273 g/mol. The molecule has 20 heavy (non-hydrogen) atoms. The van der Waals surface area contributed by atoms with Crippen molar-refractivity contribution in [2.75, 3.05) is 0 Å². The first-order chi connectivity index (χ1) is 9.37. The third kappa shape index (κ3) is 2.43. The maximum atomic E-state index is 12.2. The minimum atomic E-state index is -0.851. The van der Waals surface area contributed by atoms with Crippen LogP contribution in [0.2, 0.25) is 0 Å². The Balaban J connectivity index is 2.26. The van der Waals surface area contributed by atoms with Crippen molar-refractivity contribution in [3.63, 3.8) is 0 Å². The van der Waals surface area contributed by atoms with Gasteiger partial charge in [-0.15, -0.1) is 5.01 Å². The number of hydrazone groups is 1. The van der Waals surface area contributed by atoms with Crippen LogP contribution in [0.3, 0.4) is 0 Å². The average Bonchev–Trinajstić information content (AvgIpc) is 2.63. The summed E-state index contributed by atoms with van der Waals surface area (Å²) in [5.74, 6) is -0.313. The fourth-order valence-corrected chi connectivity index (χ4v) is 2.03. The van der Waals surface area contributed by atoms with Crippen LogP contribution in [0.1, 0.15) is 37.0 Å². The van der Waals surface area contributed by atoms with E-state index in [0.29, 0.717) is 6.42 Å². The maximum Gasteiger partial charge on any atom is 0.346 e. The summed E-state index contributed by atoms with van der Waals surface area (Å²) in [5, 5.41) is 7.62. The molecule has 0 bridgehead atoms. The zero-order valence-corrected chi connectivity index (χ0v) is 12.2. The number of urea groups is 1. The van der Waals surface area contributed by atoms with Crippen LogP contribution in [0.25, 0.3) is 0 Å². The molecule has 0 saturated carbocycles. The second-order valence-corrected chi connectivity index (χ2v) is 5.34. The second kappa shape index (κ2) is 5.07. The summed E-state index contributed by atoms with van der Waals surface area (Å²) in [4.78, 5) is 24.0. The predicted molar refractivity (Wildman–Crippen MR) is 77.6 cm³/mol. The van der Waals surface area contributed by atoms with Gasteiger partial charge in [-0.3, -0.25) is 4.79 Å². The van der Waals surface area contributed by atoms with E-state index >= 15 is 0 Å². The molecule has 5 nitrogen and oxygen atoms in total. The van der Waals surface area contributed by atoms with Gasteiger partial charge in [-0.05, 0) is 38.3 Å². The van der Waals surface area contributed by atoms with Crippen molar-refractivity contribution in [3.8, 4) is 0 Å². The number of nitrogens with zero attached hydrogens (tertiary/aromatic N) is 2. The van der Waals surface area contributed by atoms with Crippen LogP contribution in [-0.2, 0) is 4.79 Å². The number of aryl methyl sites for hydroxylation is 2. The van der Waals surface area contributed by atoms with Gasteiger partial charge in [0.15, 0.2) is 0 Å². The van der Waals surface area contributed by atoms with Gasteiger partial charge in [0, 0.05) is 0 Å². The van der Waals surface area contributed by atoms with Crippen LogP contribution in [0.5, 0.6) is 0 Å². The zero-order chi connectivity index (χ0) is 14.9. The predicted octanol–water partition coefficient (Wildman–Crippen LogP) is 2.36. The van der Waals surface area contributed by atoms with Crippen molar-refractivity contribution >= 4 is 18.2 Å². The first-order valence-corrected chi connectivity index (χ1v) is 6.65. The SMILES string of the molecule is CC[C@@]1(C)NC(=O)N(/N=C\c2cc(C)ccc2C)C1=O. The maximum absolute atomic E-state index is 12.2. The molecule has 0 unspecified atom stereocenters. The number of nitrogens with one attached hydrogen (secondary N) is 1. The molecule has 1 aliphatic heterocycles. The summed E-state index contributed by atoms with van der Waals surface area (Å²) < 4.78 is 0. The lowest BCUT2D eigenvalue weighted by Crippen LogP contribution is -2.42. The van der Waals surface area contributed by atoms with Gasteiger partial charge in [0.25, 0.3) is 5.91 Å². The van der Waals surface area contributed by atoms with Gasteiger partial charge in [-0.1, -0.05) is 30.7 Å². The minimum absolute atomic E-state index is 0.313. The number of rotatable bonds is 3. The molecule has 0 spiro atoms. The number of benzene rings is 1. The molecule has 0 aliphatic carbocycles. The minimum Gasteiger partial charge on any atom is -0.322 e. The van der Waals surface area contributed by atoms with Crippen LogP contribution < -0.4 is 5.32 Å². The quantitative estimate of drug-likeness (QED) is 0.679. The van der Waals surface area contributed by atoms with Crippen LogP contribution in [-0.4, -0.2) is 28.7 Å². The fraction of sp³-hybridized carbons (Fsp3) is 0.400. The molecule has 1 saturated heterocycles. The largest absolute Gasteiger partial charge is 0.346 e. The summed E-state index contributed by atoms with van der Waals surface area (Å²) in [6.45, 7) is 7.51. The van der Waals surface area contributed by atoms with Gasteiger partial charge in [-0.2, -0.15) is 5.10 Å². The standard InChI is InChI=1S/C15H19N3O2/c1-5-15(4)13(19)18(14(20)17-15)16-9-12-8-10(2)6-7-11(12)3/h6-9H,5H2,1-4H3,(H,17,20)/b16-9-/t15-/m1/s1. The van der Waals surface area contributed by atoms with Crippen molar-refractivity contribution in [2.24, 2.45) is 5.10 Å². The van der Waals surface area contributed by atoms with Gasteiger partial charge >= 0.3 is 6.03 Å². The molecule has 1 aromatic carbocycles. The van der Waals surface area contributed by atoms with E-state index in [9.17, 15) is 9.59 Å². The lowest BCUT2D eigenvalue weighted by molar-refractivity contribution is -0.130. The van der Waals surface area contributed by atoms with Crippen molar-refractivity contribution in [1.29, 1.82) is 0 Å². The number of carbonyl (C=O) groups is 2. The normalized spacial score (nSPS) is 22.7. The molecule has 1 heterocycles. The van der Waals surface area contributed by atoms with E-state index in [-0.39, 0.29) is 5.91 Å². The van der Waals surface area contributed by atoms with Crippen molar-refractivity contribution in [2.45, 2.75) is 39.7 Å². The molecule has 1 atom stereocenters. The fourth-order valence-electron chi connectivity index (χ4n) is 2.03. The molecular formula is C15H19N3O2. The van der Waals surface area contributed by atoms with Crippen molar-refractivity contribution < 1.29 is 9.59 Å². The van der Waals surface area contributed by atoms with Crippen molar-refractivity contribution in [3.05, 3.63) is 34.9 Å². The van der Waals surface area contributed by atoms with E-state index in [1.807, 2.05) is 39.0 Å². The summed E-state index contributed by atoms with van der Waals surface area (Å²) in [6.07, 6.45) is 2.09. The van der Waals surface area contributed by atoms with Gasteiger partial charge in [0.1, 0.15) is 5.54 Å². The Labute approximate surface area is 118 Å². The first-order valence-electron chi connectivity index (χ1n) is 6.65. The Hall–Kier alpha value is -2.17. The van der Waals surface area contributed by atoms with Crippen LogP contribution in [0.15, 0.2) is 23.3 Å². The Morgan fingerprint density at radius 3 is 2.65 bits per heavy atom. The third-order valence-electron chi connectivity index (χ3n) is 3.69. The topological polar surface area (TPSA) is 61.8 Å². The lowest BCUT2D eigenvalue weighted by atomic mass is 10.00. The molecule has 1 aliphatic rings. The molecule has 3 amide bonds. The van der Waals surface area contributed by atoms with E-state index in [2.05, 4.69) is 10.4 Å². The number of imide groups is 1. The molecule has 0 aromatic heterocycles. The smallest absolute Gasteiger partial charge is 0.322 e. The highest BCUT2D eigenvalue weighted by molar-refractivity contribution is 6.07. The van der Waals surface area contributed by atoms with Gasteiger partial charge < -0.3 is 5.32 Å². The Morgan fingerprint density at radius 2 is 2.05 bits per heavy atom. The summed E-state index contributed by atoms with van der Waals surface area (Å²) in [6, 6.07) is 5.49. The van der Waals surface area contributed by atoms with Crippen LogP contribution in [0, 0.1) is 13.8 Å². The molecule has 1 aromatic rings. The molecule has 0 radical (unpaired) electrons. The number of amides is 3. The number of carbonyl (C=O) groups excluding carboxylic acids is 2. The van der Waals surface area contributed by atoms with E-state index in [1.54, 1.807) is 13.1 Å². The zero-order valence-electron chi connectivity index (χ0n) is 12.2. The summed E-state index contributed by atoms with van der Waals surface area (Å²) in [5.41, 5.74) is 2.20. The van der Waals surface area contributed by atoms with Gasteiger partial charge in [0.2, 0.25) is 0 Å². The van der Waals surface area contributed by atoms with Crippen molar-refractivity contribution in [1.82, 2.24) is 10.3 Å². The third-order valence-corrected chi connectivity index (χ3v) is 3.69. The Morgan fingerprint density at radius 1 is 1.35 bits per heavy atom. The molecule has 2 rings (SSSR count). The monoisotopic (exact) mass is 273 g/mol. The Bertz CT molecular complexity index is 595. The van der Waals surface area contributed by atoms with E-state index < -0.39 is 11.6 Å². The van der Waals surface area contributed by atoms with Gasteiger partial charge in [-0.25, -0.2) is 4.79 Å². The molecule has 5 heteroatoms. The van der Waals surface area contributed by atoms with E-state index in [1.165, 1.54) is 0 Å².